The number of primary amides is 1. The van der Waals surface area contributed by atoms with E-state index in [2.05, 4.69) is 10.0 Å². The number of carbonyl (C=O) groups is 4. The highest BCUT2D eigenvalue weighted by molar-refractivity contribution is 7.98. The van der Waals surface area contributed by atoms with Crippen molar-refractivity contribution in [3.05, 3.63) is 29.8 Å². The molecule has 2 atom stereocenters. The summed E-state index contributed by atoms with van der Waals surface area (Å²) in [7, 11) is -3.91. The van der Waals surface area contributed by atoms with Crippen LogP contribution in [0, 0.1) is 12.8 Å². The SMILES string of the molecule is CSCCC(NS(=O)(=O)c1ccc(C)cc1)C(=O)N1CCC(C(=O)NC(CCC(N)=O)C(=O)O)CC1. The molecule has 1 aliphatic rings. The Morgan fingerprint density at radius 1 is 1.11 bits per heavy atom. The molecule has 0 bridgehead atoms. The third-order valence-corrected chi connectivity index (χ3v) is 8.14. The summed E-state index contributed by atoms with van der Waals surface area (Å²) in [6.45, 7) is 2.32. The molecule has 5 N–H and O–H groups in total. The molecule has 1 heterocycles. The van der Waals surface area contributed by atoms with Crippen LogP contribution in [-0.4, -0.2) is 79.3 Å². The van der Waals surface area contributed by atoms with Crippen molar-refractivity contribution in [2.45, 2.75) is 56.0 Å². The van der Waals surface area contributed by atoms with E-state index in [1.54, 1.807) is 12.1 Å². The van der Waals surface area contributed by atoms with E-state index in [4.69, 9.17) is 5.73 Å². The van der Waals surface area contributed by atoms with Crippen LogP contribution in [0.1, 0.15) is 37.7 Å². The minimum Gasteiger partial charge on any atom is -0.480 e. The number of aliphatic carboxylic acids is 1. The molecule has 2 unspecified atom stereocenters. The zero-order valence-electron chi connectivity index (χ0n) is 20.4. The Kier molecular flexibility index (Phi) is 11.2. The molecular formula is C23H34N4O7S2. The van der Waals surface area contributed by atoms with E-state index in [-0.39, 0.29) is 36.7 Å². The third kappa shape index (κ3) is 8.79. The molecule has 3 amide bonds. The van der Waals surface area contributed by atoms with E-state index in [0.29, 0.717) is 25.0 Å². The summed E-state index contributed by atoms with van der Waals surface area (Å²) in [5.74, 6) is -2.65. The van der Waals surface area contributed by atoms with E-state index < -0.39 is 45.8 Å². The average Bonchev–Trinajstić information content (AvgIpc) is 2.83. The number of likely N-dealkylation sites (tertiary alicyclic amines) is 1. The standard InChI is InChI=1S/C23H34N4O7S2/c1-15-3-5-17(6-4-15)36(33,34)26-18(11-14-35-2)22(30)27-12-9-16(10-13-27)21(29)25-19(23(31)32)7-8-20(24)28/h3-6,16,18-19,26H,7-14H2,1-2H3,(H2,24,28)(H,25,29)(H,31,32). The van der Waals surface area contributed by atoms with Crippen molar-refractivity contribution in [1.82, 2.24) is 14.9 Å². The molecule has 0 radical (unpaired) electrons. The van der Waals surface area contributed by atoms with E-state index >= 15 is 0 Å². The molecule has 0 aromatic heterocycles. The fraction of sp³-hybridized carbons (Fsp3) is 0.565. The second-order valence-corrected chi connectivity index (χ2v) is 11.5. The number of carboxylic acids is 1. The van der Waals surface area contributed by atoms with Gasteiger partial charge in [-0.3, -0.25) is 14.4 Å². The van der Waals surface area contributed by atoms with E-state index in [0.717, 1.165) is 5.56 Å². The summed E-state index contributed by atoms with van der Waals surface area (Å²) in [4.78, 5) is 49.8. The van der Waals surface area contributed by atoms with Gasteiger partial charge in [0.2, 0.25) is 27.7 Å². The summed E-state index contributed by atoms with van der Waals surface area (Å²) in [5.41, 5.74) is 5.98. The molecule has 0 spiro atoms. The number of piperidine rings is 1. The van der Waals surface area contributed by atoms with Gasteiger partial charge in [-0.25, -0.2) is 13.2 Å². The monoisotopic (exact) mass is 542 g/mol. The van der Waals surface area contributed by atoms with Crippen molar-refractivity contribution < 1.29 is 32.7 Å². The van der Waals surface area contributed by atoms with Crippen LogP contribution >= 0.6 is 11.8 Å². The zero-order valence-corrected chi connectivity index (χ0v) is 22.1. The number of hydrogen-bond acceptors (Lipinski definition) is 7. The first-order chi connectivity index (χ1) is 16.9. The molecule has 0 saturated carbocycles. The fourth-order valence-electron chi connectivity index (χ4n) is 3.86. The first-order valence-corrected chi connectivity index (χ1v) is 14.5. The van der Waals surface area contributed by atoms with Gasteiger partial charge in [0.05, 0.1) is 4.90 Å². The zero-order chi connectivity index (χ0) is 26.9. The molecule has 13 heteroatoms. The highest BCUT2D eigenvalue weighted by Gasteiger charge is 2.34. The van der Waals surface area contributed by atoms with Crippen molar-refractivity contribution >= 4 is 45.5 Å². The van der Waals surface area contributed by atoms with Crippen LogP contribution in [-0.2, 0) is 29.2 Å². The topological polar surface area (TPSA) is 176 Å². The van der Waals surface area contributed by atoms with Crippen molar-refractivity contribution in [3.63, 3.8) is 0 Å². The number of carbonyl (C=O) groups excluding carboxylic acids is 3. The van der Waals surface area contributed by atoms with Crippen LogP contribution in [0.15, 0.2) is 29.2 Å². The highest BCUT2D eigenvalue weighted by atomic mass is 32.2. The largest absolute Gasteiger partial charge is 0.480 e. The van der Waals surface area contributed by atoms with Crippen LogP contribution in [0.2, 0.25) is 0 Å². The van der Waals surface area contributed by atoms with Gasteiger partial charge in [0.25, 0.3) is 0 Å². The van der Waals surface area contributed by atoms with Crippen LogP contribution in [0.3, 0.4) is 0 Å². The Morgan fingerprint density at radius 2 is 1.72 bits per heavy atom. The molecule has 36 heavy (non-hydrogen) atoms. The molecule has 1 saturated heterocycles. The van der Waals surface area contributed by atoms with Crippen LogP contribution < -0.4 is 15.8 Å². The second kappa shape index (κ2) is 13.6. The van der Waals surface area contributed by atoms with Gasteiger partial charge in [0.15, 0.2) is 0 Å². The molecule has 11 nitrogen and oxygen atoms in total. The van der Waals surface area contributed by atoms with Crippen molar-refractivity contribution in [1.29, 1.82) is 0 Å². The quantitative estimate of drug-likeness (QED) is 0.278. The molecule has 1 aromatic rings. The maximum absolute atomic E-state index is 13.2. The normalized spacial score (nSPS) is 16.2. The van der Waals surface area contributed by atoms with Gasteiger partial charge in [0, 0.05) is 25.4 Å². The Hall–Kier alpha value is -2.64. The van der Waals surface area contributed by atoms with E-state index in [9.17, 15) is 32.7 Å². The summed E-state index contributed by atoms with van der Waals surface area (Å²) in [5, 5.41) is 11.7. The molecule has 2 rings (SSSR count). The average molecular weight is 543 g/mol. The number of thioether (sulfide) groups is 1. The number of nitrogens with two attached hydrogens (primary N) is 1. The number of benzene rings is 1. The molecular weight excluding hydrogens is 508 g/mol. The fourth-order valence-corrected chi connectivity index (χ4v) is 5.55. The first kappa shape index (κ1) is 29.6. The molecule has 1 fully saturated rings. The lowest BCUT2D eigenvalue weighted by molar-refractivity contribution is -0.143. The number of sulfonamides is 1. The van der Waals surface area contributed by atoms with Crippen molar-refractivity contribution in [2.24, 2.45) is 11.7 Å². The lowest BCUT2D eigenvalue weighted by Gasteiger charge is -2.34. The first-order valence-electron chi connectivity index (χ1n) is 11.6. The van der Waals surface area contributed by atoms with Gasteiger partial charge in [-0.15, -0.1) is 0 Å². The predicted octanol–water partition coefficient (Wildman–Crippen LogP) is 0.469. The minimum atomic E-state index is -3.91. The van der Waals surface area contributed by atoms with Gasteiger partial charge >= 0.3 is 5.97 Å². The summed E-state index contributed by atoms with van der Waals surface area (Å²) >= 11 is 1.50. The number of carboxylic acid groups (broad SMARTS) is 1. The van der Waals surface area contributed by atoms with Gasteiger partial charge in [-0.2, -0.15) is 16.5 Å². The predicted molar refractivity (Wildman–Crippen MR) is 136 cm³/mol. The second-order valence-electron chi connectivity index (χ2n) is 8.77. The Morgan fingerprint density at radius 3 is 2.25 bits per heavy atom. The lowest BCUT2D eigenvalue weighted by Crippen LogP contribution is -2.52. The number of nitrogens with zero attached hydrogens (tertiary/aromatic N) is 1. The highest BCUT2D eigenvalue weighted by Crippen LogP contribution is 2.20. The van der Waals surface area contributed by atoms with Gasteiger partial charge in [0.1, 0.15) is 12.1 Å². The Bertz CT molecular complexity index is 1040. The van der Waals surface area contributed by atoms with Gasteiger partial charge in [-0.1, -0.05) is 17.7 Å². The molecule has 0 aliphatic carbocycles. The number of nitrogens with one attached hydrogen (secondary N) is 2. The van der Waals surface area contributed by atoms with Crippen LogP contribution in [0.4, 0.5) is 0 Å². The number of hydrogen-bond donors (Lipinski definition) is 4. The van der Waals surface area contributed by atoms with E-state index in [1.807, 2.05) is 13.2 Å². The van der Waals surface area contributed by atoms with Gasteiger partial charge in [-0.05, 0) is 56.7 Å². The number of rotatable bonds is 13. The summed E-state index contributed by atoms with van der Waals surface area (Å²) < 4.78 is 28.3. The summed E-state index contributed by atoms with van der Waals surface area (Å²) in [6.07, 6.45) is 2.52. The van der Waals surface area contributed by atoms with Crippen LogP contribution in [0.5, 0.6) is 0 Å². The lowest BCUT2D eigenvalue weighted by atomic mass is 9.94. The third-order valence-electron chi connectivity index (χ3n) is 6.01. The van der Waals surface area contributed by atoms with E-state index in [1.165, 1.54) is 28.8 Å². The molecule has 200 valence electrons. The Balaban J connectivity index is 2.00. The Labute approximate surface area is 215 Å². The number of amides is 3. The van der Waals surface area contributed by atoms with Crippen molar-refractivity contribution in [3.8, 4) is 0 Å². The van der Waals surface area contributed by atoms with Gasteiger partial charge < -0.3 is 21.1 Å². The smallest absolute Gasteiger partial charge is 0.326 e. The maximum Gasteiger partial charge on any atom is 0.326 e. The maximum atomic E-state index is 13.2. The molecule has 1 aromatic carbocycles. The minimum absolute atomic E-state index is 0.0785. The van der Waals surface area contributed by atoms with Crippen LogP contribution in [0.25, 0.3) is 0 Å². The van der Waals surface area contributed by atoms with Crippen molar-refractivity contribution in [2.75, 3.05) is 25.1 Å². The summed E-state index contributed by atoms with van der Waals surface area (Å²) in [6, 6.07) is 4.19. The molecule has 1 aliphatic heterocycles. The number of aryl methyl sites for hydroxylation is 1.